The molecule has 1 amide bonds. The quantitative estimate of drug-likeness (QED) is 0.248. The number of hydrogen-bond donors (Lipinski definition) is 2. The molecule has 0 saturated heterocycles. The van der Waals surface area contributed by atoms with Gasteiger partial charge in [0.2, 0.25) is 10.0 Å². The van der Waals surface area contributed by atoms with E-state index in [0.29, 0.717) is 67.4 Å². The van der Waals surface area contributed by atoms with Gasteiger partial charge in [0.15, 0.2) is 0 Å². The van der Waals surface area contributed by atoms with E-state index in [2.05, 4.69) is 5.32 Å². The Morgan fingerprint density at radius 2 is 1.68 bits per heavy atom. The van der Waals surface area contributed by atoms with Crippen LogP contribution in [0.1, 0.15) is 34.7 Å². The third-order valence-electron chi connectivity index (χ3n) is 6.53. The summed E-state index contributed by atoms with van der Waals surface area (Å²) in [4.78, 5) is 12.9. The van der Waals surface area contributed by atoms with Crippen LogP contribution in [-0.2, 0) is 24.2 Å². The van der Waals surface area contributed by atoms with Crippen LogP contribution in [0.4, 0.5) is 10.1 Å². The monoisotopic (exact) mass is 577 g/mol. The number of sulfonamides is 1. The molecule has 3 aromatic rings. The first-order valence-electron chi connectivity index (χ1n) is 13.2. The fourth-order valence-corrected chi connectivity index (χ4v) is 5.40. The fraction of sp³-hybridized carbons (Fsp3) is 0.464. The normalized spacial score (nSPS) is 13.6. The molecule has 0 unspecified atom stereocenters. The number of hydrogen-bond acceptors (Lipinski definition) is 8. The second-order valence-corrected chi connectivity index (χ2v) is 11.4. The van der Waals surface area contributed by atoms with Gasteiger partial charge in [0.25, 0.3) is 5.91 Å². The zero-order valence-electron chi connectivity index (χ0n) is 22.8. The van der Waals surface area contributed by atoms with Crippen molar-refractivity contribution in [1.82, 2.24) is 5.32 Å². The van der Waals surface area contributed by atoms with Crippen molar-refractivity contribution in [3.8, 4) is 11.3 Å². The third kappa shape index (κ3) is 7.38. The zero-order valence-corrected chi connectivity index (χ0v) is 23.6. The van der Waals surface area contributed by atoms with E-state index in [1.807, 2.05) is 6.07 Å². The van der Waals surface area contributed by atoms with Gasteiger partial charge in [0.05, 0.1) is 63.7 Å². The molecule has 10 nitrogen and oxygen atoms in total. The molecule has 0 bridgehead atoms. The molecule has 218 valence electrons. The van der Waals surface area contributed by atoms with Crippen LogP contribution < -0.4 is 15.4 Å². The van der Waals surface area contributed by atoms with Gasteiger partial charge >= 0.3 is 0 Å². The van der Waals surface area contributed by atoms with Gasteiger partial charge in [-0.05, 0) is 54.7 Å². The van der Waals surface area contributed by atoms with Crippen molar-refractivity contribution < 1.29 is 36.2 Å². The van der Waals surface area contributed by atoms with Gasteiger partial charge < -0.3 is 29.7 Å². The SMILES string of the molecule is CNC(=O)c1c(-c2ccc(F)cc2)oc2cc(N(CCOCCOCCOCCN)S(C)(=O)=O)c(C3CC3)cc12. The highest BCUT2D eigenvalue weighted by atomic mass is 32.2. The molecular weight excluding hydrogens is 541 g/mol. The highest BCUT2D eigenvalue weighted by molar-refractivity contribution is 7.92. The van der Waals surface area contributed by atoms with Crippen LogP contribution in [0, 0.1) is 5.82 Å². The van der Waals surface area contributed by atoms with Crippen molar-refractivity contribution >= 4 is 32.6 Å². The lowest BCUT2D eigenvalue weighted by Crippen LogP contribution is -2.34. The predicted molar refractivity (Wildman–Crippen MR) is 151 cm³/mol. The molecule has 1 aliphatic rings. The Morgan fingerprint density at radius 3 is 2.25 bits per heavy atom. The summed E-state index contributed by atoms with van der Waals surface area (Å²) in [6.07, 6.45) is 2.98. The van der Waals surface area contributed by atoms with E-state index < -0.39 is 15.8 Å². The van der Waals surface area contributed by atoms with Crippen molar-refractivity contribution in [3.05, 3.63) is 53.3 Å². The molecule has 1 aliphatic carbocycles. The van der Waals surface area contributed by atoms with Crippen LogP contribution in [0.3, 0.4) is 0 Å². The first kappa shape index (κ1) is 29.9. The summed E-state index contributed by atoms with van der Waals surface area (Å²) in [5.74, 6) is -0.306. The molecule has 1 fully saturated rings. The minimum Gasteiger partial charge on any atom is -0.455 e. The summed E-state index contributed by atoms with van der Waals surface area (Å²) in [5, 5.41) is 3.22. The number of carbonyl (C=O) groups excluding carboxylic acids is 1. The summed E-state index contributed by atoms with van der Waals surface area (Å²) >= 11 is 0. The Kier molecular flexibility index (Phi) is 10.1. The summed E-state index contributed by atoms with van der Waals surface area (Å²) in [6, 6.07) is 9.20. The van der Waals surface area contributed by atoms with Gasteiger partial charge in [-0.15, -0.1) is 0 Å². The zero-order chi connectivity index (χ0) is 28.7. The van der Waals surface area contributed by atoms with E-state index in [0.717, 1.165) is 24.7 Å². The number of nitrogens with one attached hydrogen (secondary N) is 1. The van der Waals surface area contributed by atoms with Gasteiger partial charge in [-0.25, -0.2) is 12.8 Å². The average Bonchev–Trinajstić information content (AvgIpc) is 3.71. The molecule has 1 heterocycles. The average molecular weight is 578 g/mol. The molecule has 0 radical (unpaired) electrons. The molecule has 0 atom stereocenters. The molecule has 0 aliphatic heterocycles. The number of halogens is 1. The first-order chi connectivity index (χ1) is 19.2. The van der Waals surface area contributed by atoms with Crippen molar-refractivity contribution in [1.29, 1.82) is 0 Å². The molecule has 1 aromatic heterocycles. The van der Waals surface area contributed by atoms with Crippen LogP contribution in [-0.4, -0.2) is 80.4 Å². The fourth-order valence-electron chi connectivity index (χ4n) is 4.48. The lowest BCUT2D eigenvalue weighted by Gasteiger charge is -2.25. The van der Waals surface area contributed by atoms with Crippen LogP contribution in [0.25, 0.3) is 22.3 Å². The van der Waals surface area contributed by atoms with E-state index in [4.69, 9.17) is 24.4 Å². The molecule has 4 rings (SSSR count). The Hall–Kier alpha value is -3.03. The minimum atomic E-state index is -3.67. The van der Waals surface area contributed by atoms with Gasteiger partial charge in [-0.1, -0.05) is 0 Å². The minimum absolute atomic E-state index is 0.0947. The van der Waals surface area contributed by atoms with Crippen LogP contribution in [0.5, 0.6) is 0 Å². The number of fused-ring (bicyclic) bond motifs is 1. The number of anilines is 1. The summed E-state index contributed by atoms with van der Waals surface area (Å²) in [5.41, 5.74) is 7.91. The standard InChI is InChI=1S/C28H36FN3O7S/c1-31-28(33)26-23-17-22(19-3-4-19)24(18-25(23)39-27(26)20-5-7-21(29)8-6-20)32(40(2,34)35)10-12-37-14-16-38-15-13-36-11-9-30/h5-8,17-19H,3-4,9-16,30H2,1-2H3,(H,31,33). The van der Waals surface area contributed by atoms with E-state index in [1.54, 1.807) is 18.2 Å². The van der Waals surface area contributed by atoms with Gasteiger partial charge in [0.1, 0.15) is 17.2 Å². The number of carbonyl (C=O) groups is 1. The van der Waals surface area contributed by atoms with Gasteiger partial charge in [-0.2, -0.15) is 0 Å². The van der Waals surface area contributed by atoms with Gasteiger partial charge in [0, 0.05) is 30.6 Å². The largest absolute Gasteiger partial charge is 0.455 e. The summed E-state index contributed by atoms with van der Waals surface area (Å²) < 4.78 is 63.2. The van der Waals surface area contributed by atoms with Crippen molar-refractivity contribution in [2.75, 3.05) is 70.3 Å². The number of nitrogens with two attached hydrogens (primary N) is 1. The Bertz CT molecular complexity index is 1410. The number of amides is 1. The predicted octanol–water partition coefficient (Wildman–Crippen LogP) is 3.25. The number of rotatable bonds is 16. The molecule has 2 aromatic carbocycles. The topological polar surface area (TPSA) is 133 Å². The number of furan rings is 1. The smallest absolute Gasteiger partial charge is 0.255 e. The first-order valence-corrected chi connectivity index (χ1v) is 15.1. The number of benzene rings is 2. The maximum Gasteiger partial charge on any atom is 0.255 e. The van der Waals surface area contributed by atoms with Crippen molar-refractivity contribution in [3.63, 3.8) is 0 Å². The van der Waals surface area contributed by atoms with E-state index >= 15 is 0 Å². The molecular formula is C28H36FN3O7S. The second kappa shape index (κ2) is 13.6. The molecule has 1 saturated carbocycles. The second-order valence-electron chi connectivity index (χ2n) is 9.53. The lowest BCUT2D eigenvalue weighted by atomic mass is 10.0. The van der Waals surface area contributed by atoms with Crippen LogP contribution in [0.2, 0.25) is 0 Å². The summed E-state index contributed by atoms with van der Waals surface area (Å²) in [6.45, 7) is 2.72. The summed E-state index contributed by atoms with van der Waals surface area (Å²) in [7, 11) is -2.15. The third-order valence-corrected chi connectivity index (χ3v) is 7.71. The van der Waals surface area contributed by atoms with E-state index in [1.165, 1.54) is 23.5 Å². The van der Waals surface area contributed by atoms with Crippen molar-refractivity contribution in [2.45, 2.75) is 18.8 Å². The molecule has 0 spiro atoms. The maximum atomic E-state index is 13.6. The number of nitrogens with zero attached hydrogens (tertiary/aromatic N) is 1. The van der Waals surface area contributed by atoms with Crippen LogP contribution >= 0.6 is 0 Å². The van der Waals surface area contributed by atoms with E-state index in [9.17, 15) is 17.6 Å². The van der Waals surface area contributed by atoms with Gasteiger partial charge in [-0.3, -0.25) is 9.10 Å². The lowest BCUT2D eigenvalue weighted by molar-refractivity contribution is 0.0176. The van der Waals surface area contributed by atoms with Crippen LogP contribution in [0.15, 0.2) is 40.8 Å². The Balaban J connectivity index is 1.59. The molecule has 40 heavy (non-hydrogen) atoms. The number of ether oxygens (including phenoxy) is 3. The maximum absolute atomic E-state index is 13.6. The molecule has 3 N–H and O–H groups in total. The highest BCUT2D eigenvalue weighted by Gasteiger charge is 2.33. The van der Waals surface area contributed by atoms with Crippen molar-refractivity contribution in [2.24, 2.45) is 5.73 Å². The highest BCUT2D eigenvalue weighted by Crippen LogP contribution is 2.48. The Morgan fingerprint density at radius 1 is 1.05 bits per heavy atom. The molecule has 12 heteroatoms. The van der Waals surface area contributed by atoms with E-state index in [-0.39, 0.29) is 30.7 Å². The Labute approximate surface area is 233 Å².